The Labute approximate surface area is 144 Å². The summed E-state index contributed by atoms with van der Waals surface area (Å²) in [7, 11) is 0. The van der Waals surface area contributed by atoms with E-state index >= 15 is 0 Å². The van der Waals surface area contributed by atoms with E-state index in [1.807, 2.05) is 30.3 Å². The molecule has 2 aromatic rings. The van der Waals surface area contributed by atoms with Gasteiger partial charge in [0.05, 0.1) is 5.03 Å². The van der Waals surface area contributed by atoms with E-state index in [1.165, 1.54) is 11.0 Å². The Morgan fingerprint density at radius 2 is 1.65 bits per heavy atom. The van der Waals surface area contributed by atoms with E-state index < -0.39 is 5.72 Å². The van der Waals surface area contributed by atoms with Crippen LogP contribution in [0.25, 0.3) is 0 Å². The van der Waals surface area contributed by atoms with E-state index in [4.69, 9.17) is 23.2 Å². The Morgan fingerprint density at radius 3 is 2.30 bits per heavy atom. The number of hydrogen-bond acceptors (Lipinski definition) is 2. The predicted octanol–water partition coefficient (Wildman–Crippen LogP) is 3.69. The molecule has 0 bridgehead atoms. The van der Waals surface area contributed by atoms with Gasteiger partial charge < -0.3 is 10.0 Å². The highest BCUT2D eigenvalue weighted by atomic mass is 35.5. The molecule has 0 fully saturated rings. The van der Waals surface area contributed by atoms with Crippen LogP contribution in [-0.2, 0) is 16.9 Å². The molecule has 0 radical (unpaired) electrons. The van der Waals surface area contributed by atoms with Crippen LogP contribution >= 0.6 is 23.2 Å². The first kappa shape index (κ1) is 16.1. The summed E-state index contributed by atoms with van der Waals surface area (Å²) in [5.74, 6) is -0.302. The highest BCUT2D eigenvalue weighted by Gasteiger charge is 2.46. The summed E-state index contributed by atoms with van der Waals surface area (Å²) in [6.45, 7) is 0.356. The van der Waals surface area contributed by atoms with Crippen molar-refractivity contribution in [1.82, 2.24) is 4.90 Å². The number of carbonyl (C=O) groups is 1. The number of carbonyl (C=O) groups excluding carboxylic acids is 1. The first-order chi connectivity index (χ1) is 11.0. The molecule has 0 saturated carbocycles. The lowest BCUT2D eigenvalue weighted by atomic mass is 10.0. The first-order valence-corrected chi connectivity index (χ1v) is 7.99. The van der Waals surface area contributed by atoms with Crippen LogP contribution in [-0.4, -0.2) is 22.5 Å². The Hall–Kier alpha value is -1.81. The van der Waals surface area contributed by atoms with Crippen molar-refractivity contribution in [1.29, 1.82) is 0 Å². The smallest absolute Gasteiger partial charge is 0.250 e. The first-order valence-electron chi connectivity index (χ1n) is 7.23. The Morgan fingerprint density at radius 1 is 1.00 bits per heavy atom. The molecule has 1 atom stereocenters. The van der Waals surface area contributed by atoms with Crippen molar-refractivity contribution in [3.63, 3.8) is 0 Å². The SMILES string of the molecule is O=C1C=C(Cl)C(O)(c2ccc(Cl)cc2)N1CCc1ccccc1. The monoisotopic (exact) mass is 347 g/mol. The van der Waals surface area contributed by atoms with Gasteiger partial charge in [0.2, 0.25) is 5.72 Å². The minimum Gasteiger partial charge on any atom is -0.362 e. The van der Waals surface area contributed by atoms with Crippen molar-refractivity contribution < 1.29 is 9.90 Å². The molecule has 1 aliphatic rings. The van der Waals surface area contributed by atoms with Gasteiger partial charge in [0.25, 0.3) is 5.91 Å². The molecule has 23 heavy (non-hydrogen) atoms. The molecule has 3 rings (SSSR count). The van der Waals surface area contributed by atoms with Gasteiger partial charge in [0.1, 0.15) is 0 Å². The average molecular weight is 348 g/mol. The molecule has 2 aromatic carbocycles. The van der Waals surface area contributed by atoms with E-state index in [1.54, 1.807) is 24.3 Å². The van der Waals surface area contributed by atoms with Crippen molar-refractivity contribution in [2.24, 2.45) is 0 Å². The zero-order chi connectivity index (χ0) is 16.4. The lowest BCUT2D eigenvalue weighted by Crippen LogP contribution is -2.46. The fourth-order valence-corrected chi connectivity index (χ4v) is 3.14. The standard InChI is InChI=1S/C18H15Cl2NO2/c19-15-8-6-14(7-9-15)18(23)16(20)12-17(22)21(18)11-10-13-4-2-1-3-5-13/h1-9,12,23H,10-11H2. The van der Waals surface area contributed by atoms with E-state index in [0.29, 0.717) is 23.6 Å². The zero-order valence-corrected chi connectivity index (χ0v) is 13.8. The molecular weight excluding hydrogens is 333 g/mol. The van der Waals surface area contributed by atoms with Gasteiger partial charge in [-0.3, -0.25) is 4.79 Å². The van der Waals surface area contributed by atoms with Crippen LogP contribution in [0.3, 0.4) is 0 Å². The second-order valence-electron chi connectivity index (χ2n) is 5.40. The number of halogens is 2. The van der Waals surface area contributed by atoms with Crippen LogP contribution in [0.2, 0.25) is 5.02 Å². The minimum atomic E-state index is -1.64. The third-order valence-corrected chi connectivity index (χ3v) is 4.58. The van der Waals surface area contributed by atoms with Gasteiger partial charge in [-0.25, -0.2) is 0 Å². The third-order valence-electron chi connectivity index (χ3n) is 3.95. The molecule has 3 nitrogen and oxygen atoms in total. The lowest BCUT2D eigenvalue weighted by Gasteiger charge is -2.35. The van der Waals surface area contributed by atoms with Gasteiger partial charge in [-0.05, 0) is 24.1 Å². The van der Waals surface area contributed by atoms with Gasteiger partial charge in [-0.15, -0.1) is 0 Å². The van der Waals surface area contributed by atoms with E-state index in [9.17, 15) is 9.90 Å². The fraction of sp³-hybridized carbons (Fsp3) is 0.167. The second kappa shape index (κ2) is 6.36. The van der Waals surface area contributed by atoms with Gasteiger partial charge in [0.15, 0.2) is 0 Å². The van der Waals surface area contributed by atoms with Crippen LogP contribution < -0.4 is 0 Å². The largest absolute Gasteiger partial charge is 0.362 e. The summed E-state index contributed by atoms with van der Waals surface area (Å²) >= 11 is 12.1. The minimum absolute atomic E-state index is 0.0953. The summed E-state index contributed by atoms with van der Waals surface area (Å²) < 4.78 is 0. The summed E-state index contributed by atoms with van der Waals surface area (Å²) in [6.07, 6.45) is 1.89. The maximum Gasteiger partial charge on any atom is 0.250 e. The Bertz CT molecular complexity index is 743. The maximum absolute atomic E-state index is 12.2. The fourth-order valence-electron chi connectivity index (χ4n) is 2.71. The average Bonchev–Trinajstić information content (AvgIpc) is 2.77. The molecule has 1 heterocycles. The highest BCUT2D eigenvalue weighted by Crippen LogP contribution is 2.40. The lowest BCUT2D eigenvalue weighted by molar-refractivity contribution is -0.143. The van der Waals surface area contributed by atoms with E-state index in [0.717, 1.165) is 5.56 Å². The van der Waals surface area contributed by atoms with Gasteiger partial charge in [-0.1, -0.05) is 65.7 Å². The number of nitrogens with zero attached hydrogens (tertiary/aromatic N) is 1. The molecule has 118 valence electrons. The normalized spacial score (nSPS) is 20.7. The van der Waals surface area contributed by atoms with Crippen LogP contribution in [0.15, 0.2) is 65.7 Å². The molecule has 1 amide bonds. The molecule has 5 heteroatoms. The van der Waals surface area contributed by atoms with Gasteiger partial charge in [0, 0.05) is 23.2 Å². The number of amides is 1. The van der Waals surface area contributed by atoms with Crippen molar-refractivity contribution >= 4 is 29.1 Å². The van der Waals surface area contributed by atoms with Crippen LogP contribution in [0, 0.1) is 0 Å². The molecule has 1 N–H and O–H groups in total. The van der Waals surface area contributed by atoms with E-state index in [2.05, 4.69) is 0 Å². The summed E-state index contributed by atoms with van der Waals surface area (Å²) in [4.78, 5) is 13.6. The zero-order valence-electron chi connectivity index (χ0n) is 12.2. The number of hydrogen-bond donors (Lipinski definition) is 1. The number of aliphatic hydroxyl groups is 1. The molecule has 0 aromatic heterocycles. The quantitative estimate of drug-likeness (QED) is 0.916. The van der Waals surface area contributed by atoms with Crippen LogP contribution in [0.5, 0.6) is 0 Å². The van der Waals surface area contributed by atoms with Crippen LogP contribution in [0.4, 0.5) is 0 Å². The van der Waals surface area contributed by atoms with Gasteiger partial charge >= 0.3 is 0 Å². The van der Waals surface area contributed by atoms with Crippen molar-refractivity contribution in [3.05, 3.63) is 81.9 Å². The van der Waals surface area contributed by atoms with Gasteiger partial charge in [-0.2, -0.15) is 0 Å². The number of rotatable bonds is 4. The molecule has 1 unspecified atom stereocenters. The maximum atomic E-state index is 12.2. The summed E-state index contributed by atoms with van der Waals surface area (Å²) in [5, 5.41) is 11.7. The summed E-state index contributed by atoms with van der Waals surface area (Å²) in [6, 6.07) is 16.5. The summed E-state index contributed by atoms with van der Waals surface area (Å²) in [5.41, 5.74) is -0.0401. The molecule has 0 spiro atoms. The van der Waals surface area contributed by atoms with Crippen LogP contribution in [0.1, 0.15) is 11.1 Å². The highest BCUT2D eigenvalue weighted by molar-refractivity contribution is 6.33. The predicted molar refractivity (Wildman–Crippen MR) is 91.1 cm³/mol. The molecular formula is C18H15Cl2NO2. The molecule has 0 aliphatic carbocycles. The van der Waals surface area contributed by atoms with E-state index in [-0.39, 0.29) is 10.9 Å². The Kier molecular flexibility index (Phi) is 4.44. The molecule has 0 saturated heterocycles. The van der Waals surface area contributed by atoms with Crippen molar-refractivity contribution in [2.45, 2.75) is 12.1 Å². The van der Waals surface area contributed by atoms with Crippen molar-refractivity contribution in [3.8, 4) is 0 Å². The Balaban J connectivity index is 1.88. The topological polar surface area (TPSA) is 40.5 Å². The third kappa shape index (κ3) is 3.00. The number of benzene rings is 2. The molecule has 1 aliphatic heterocycles. The van der Waals surface area contributed by atoms with Crippen molar-refractivity contribution in [2.75, 3.05) is 6.54 Å². The second-order valence-corrected chi connectivity index (χ2v) is 6.24.